The third-order valence-corrected chi connectivity index (χ3v) is 2.71. The summed E-state index contributed by atoms with van der Waals surface area (Å²) in [6.07, 6.45) is 19.6. The largest absolute Gasteiger partial charge is 0.0732 e. The van der Waals surface area contributed by atoms with Gasteiger partial charge in [-0.05, 0) is 16.7 Å². The molecule has 0 amide bonds. The normalized spacial score (nSPS) is 27.7. The Morgan fingerprint density at radius 3 is 2.85 bits per heavy atom. The van der Waals surface area contributed by atoms with Gasteiger partial charge in [0.2, 0.25) is 0 Å². The molecule has 3 aliphatic rings. The summed E-state index contributed by atoms with van der Waals surface area (Å²) in [5.74, 6) is 0.500. The number of allylic oxidation sites excluding steroid dienone is 12. The first-order valence-electron chi connectivity index (χ1n) is 4.61. The highest BCUT2D eigenvalue weighted by Crippen LogP contribution is 2.35. The van der Waals surface area contributed by atoms with E-state index in [2.05, 4.69) is 54.7 Å². The van der Waals surface area contributed by atoms with E-state index in [1.165, 1.54) is 16.7 Å². The van der Waals surface area contributed by atoms with Crippen molar-refractivity contribution in [1.82, 2.24) is 0 Å². The van der Waals surface area contributed by atoms with E-state index >= 15 is 0 Å². The predicted octanol–water partition coefficient (Wildman–Crippen LogP) is 3.09. The fourth-order valence-electron chi connectivity index (χ4n) is 2.04. The summed E-state index contributed by atoms with van der Waals surface area (Å²) in [4.78, 5) is 0. The smallest absolute Gasteiger partial charge is 0.0211 e. The molecule has 0 heteroatoms. The molecule has 13 heavy (non-hydrogen) atoms. The molecule has 0 radical (unpaired) electrons. The van der Waals surface area contributed by atoms with Gasteiger partial charge >= 0.3 is 0 Å². The van der Waals surface area contributed by atoms with Crippen LogP contribution in [-0.4, -0.2) is 0 Å². The molecule has 0 aromatic carbocycles. The van der Waals surface area contributed by atoms with Gasteiger partial charge in [-0.2, -0.15) is 0 Å². The maximum absolute atomic E-state index is 2.26. The topological polar surface area (TPSA) is 0 Å². The quantitative estimate of drug-likeness (QED) is 0.518. The summed E-state index contributed by atoms with van der Waals surface area (Å²) in [5, 5.41) is 0. The van der Waals surface area contributed by atoms with Crippen molar-refractivity contribution in [1.29, 1.82) is 0 Å². The summed E-state index contributed by atoms with van der Waals surface area (Å²) in [5.41, 5.74) is 4.18. The number of hydrogen-bond acceptors (Lipinski definition) is 0. The van der Waals surface area contributed by atoms with E-state index < -0.39 is 0 Å². The molecular weight excluding hydrogens is 156 g/mol. The van der Waals surface area contributed by atoms with Crippen molar-refractivity contribution >= 4 is 0 Å². The van der Waals surface area contributed by atoms with Crippen molar-refractivity contribution in [3.8, 4) is 0 Å². The van der Waals surface area contributed by atoms with E-state index in [9.17, 15) is 0 Å². The van der Waals surface area contributed by atoms with Crippen molar-refractivity contribution in [2.24, 2.45) is 5.92 Å². The third-order valence-electron chi connectivity index (χ3n) is 2.71. The lowest BCUT2D eigenvalue weighted by Gasteiger charge is -2.20. The Bertz CT molecular complexity index is 423. The summed E-state index contributed by atoms with van der Waals surface area (Å²) >= 11 is 0. The molecule has 0 saturated heterocycles. The van der Waals surface area contributed by atoms with Gasteiger partial charge in [-0.25, -0.2) is 0 Å². The molecule has 0 N–H and O–H groups in total. The van der Waals surface area contributed by atoms with Crippen LogP contribution in [0, 0.1) is 5.92 Å². The molecule has 3 aliphatic carbocycles. The van der Waals surface area contributed by atoms with Crippen molar-refractivity contribution in [2.45, 2.75) is 0 Å². The zero-order chi connectivity index (χ0) is 8.67. The maximum Gasteiger partial charge on any atom is 0.0211 e. The van der Waals surface area contributed by atoms with Gasteiger partial charge in [-0.3, -0.25) is 0 Å². The number of hydrogen-bond donors (Lipinski definition) is 0. The Hall–Kier alpha value is -1.56. The van der Waals surface area contributed by atoms with Crippen LogP contribution in [0.15, 0.2) is 71.4 Å². The minimum absolute atomic E-state index is 0.500. The van der Waals surface area contributed by atoms with Crippen molar-refractivity contribution < 1.29 is 0 Å². The minimum atomic E-state index is 0.500. The third kappa shape index (κ3) is 0.919. The average molecular weight is 166 g/mol. The Morgan fingerprint density at radius 1 is 0.846 bits per heavy atom. The highest BCUT2D eigenvalue weighted by Gasteiger charge is 2.19. The maximum atomic E-state index is 2.26. The van der Waals surface area contributed by atoms with Crippen molar-refractivity contribution in [2.75, 3.05) is 0 Å². The summed E-state index contributed by atoms with van der Waals surface area (Å²) in [7, 11) is 0. The number of fused-ring (bicyclic) bond motifs is 2. The first-order chi connectivity index (χ1) is 6.45. The van der Waals surface area contributed by atoms with Crippen LogP contribution in [0.2, 0.25) is 0 Å². The number of rotatable bonds is 0. The second-order valence-corrected chi connectivity index (χ2v) is 3.48. The highest BCUT2D eigenvalue weighted by atomic mass is 14.2. The zero-order valence-corrected chi connectivity index (χ0v) is 7.27. The average Bonchev–Trinajstić information content (AvgIpc) is 2.65. The van der Waals surface area contributed by atoms with Gasteiger partial charge in [-0.1, -0.05) is 54.7 Å². The lowest BCUT2D eigenvalue weighted by molar-refractivity contribution is 0.966. The van der Waals surface area contributed by atoms with Crippen LogP contribution in [0.4, 0.5) is 0 Å². The first-order valence-corrected chi connectivity index (χ1v) is 4.61. The lowest BCUT2D eigenvalue weighted by Crippen LogP contribution is -2.05. The molecule has 0 aromatic heterocycles. The SMILES string of the molecule is C1=CC2=C3C=CC=CC3C=CC2=C1. The van der Waals surface area contributed by atoms with Crippen LogP contribution in [0.3, 0.4) is 0 Å². The van der Waals surface area contributed by atoms with E-state index in [0.29, 0.717) is 5.92 Å². The Balaban J connectivity index is 2.20. The Kier molecular flexibility index (Phi) is 1.31. The van der Waals surface area contributed by atoms with Gasteiger partial charge in [0.1, 0.15) is 0 Å². The van der Waals surface area contributed by atoms with Crippen molar-refractivity contribution in [3.05, 3.63) is 71.4 Å². The molecule has 0 aromatic rings. The van der Waals surface area contributed by atoms with Gasteiger partial charge in [0.15, 0.2) is 0 Å². The monoisotopic (exact) mass is 166 g/mol. The molecule has 0 saturated carbocycles. The highest BCUT2D eigenvalue weighted by molar-refractivity contribution is 5.63. The zero-order valence-electron chi connectivity index (χ0n) is 7.27. The second-order valence-electron chi connectivity index (χ2n) is 3.48. The fraction of sp³-hybridized carbons (Fsp3) is 0.0769. The molecule has 0 nitrogen and oxygen atoms in total. The van der Waals surface area contributed by atoms with Gasteiger partial charge in [0, 0.05) is 5.92 Å². The molecule has 3 rings (SSSR count). The van der Waals surface area contributed by atoms with Gasteiger partial charge in [-0.15, -0.1) is 0 Å². The second kappa shape index (κ2) is 2.46. The van der Waals surface area contributed by atoms with E-state index in [1.54, 1.807) is 0 Å². The molecule has 0 aliphatic heterocycles. The fourth-order valence-corrected chi connectivity index (χ4v) is 2.04. The summed E-state index contributed by atoms with van der Waals surface area (Å²) in [6.45, 7) is 0. The van der Waals surface area contributed by atoms with Crippen molar-refractivity contribution in [3.63, 3.8) is 0 Å². The van der Waals surface area contributed by atoms with E-state index in [-0.39, 0.29) is 0 Å². The van der Waals surface area contributed by atoms with E-state index in [1.807, 2.05) is 0 Å². The lowest BCUT2D eigenvalue weighted by atomic mass is 9.84. The van der Waals surface area contributed by atoms with Crippen LogP contribution < -0.4 is 0 Å². The molecule has 0 fully saturated rings. The first kappa shape index (κ1) is 6.90. The molecule has 1 unspecified atom stereocenters. The van der Waals surface area contributed by atoms with Crippen LogP contribution in [0.25, 0.3) is 0 Å². The minimum Gasteiger partial charge on any atom is -0.0732 e. The standard InChI is InChI=1S/C13H10/c1-2-6-12-10(4-1)8-9-11-5-3-7-13(11)12/h1-10H. The van der Waals surface area contributed by atoms with Gasteiger partial charge in [0.25, 0.3) is 0 Å². The molecule has 62 valence electrons. The summed E-state index contributed by atoms with van der Waals surface area (Å²) in [6, 6.07) is 0. The Morgan fingerprint density at radius 2 is 1.85 bits per heavy atom. The van der Waals surface area contributed by atoms with Crippen LogP contribution in [-0.2, 0) is 0 Å². The molecular formula is C13H10. The molecule has 0 bridgehead atoms. The molecule has 0 heterocycles. The van der Waals surface area contributed by atoms with E-state index in [4.69, 9.17) is 0 Å². The molecule has 1 atom stereocenters. The van der Waals surface area contributed by atoms with Crippen LogP contribution in [0.1, 0.15) is 0 Å². The Labute approximate surface area is 78.0 Å². The van der Waals surface area contributed by atoms with Gasteiger partial charge in [0.05, 0.1) is 0 Å². The van der Waals surface area contributed by atoms with Gasteiger partial charge < -0.3 is 0 Å². The summed E-state index contributed by atoms with van der Waals surface area (Å²) < 4.78 is 0. The van der Waals surface area contributed by atoms with Crippen LogP contribution in [0.5, 0.6) is 0 Å². The molecule has 0 spiro atoms. The van der Waals surface area contributed by atoms with Crippen LogP contribution >= 0.6 is 0 Å². The van der Waals surface area contributed by atoms with E-state index in [0.717, 1.165) is 0 Å². The predicted molar refractivity (Wildman–Crippen MR) is 55.2 cm³/mol.